The summed E-state index contributed by atoms with van der Waals surface area (Å²) in [6, 6.07) is 10.7. The lowest BCUT2D eigenvalue weighted by Gasteiger charge is -2.42. The van der Waals surface area contributed by atoms with E-state index < -0.39 is 12.3 Å². The molecule has 0 saturated carbocycles. The van der Waals surface area contributed by atoms with Crippen LogP contribution in [0.15, 0.2) is 48.8 Å². The number of piperidine rings is 2. The van der Waals surface area contributed by atoms with Crippen LogP contribution in [-0.2, 0) is 0 Å². The maximum Gasteiger partial charge on any atom is 0.233 e. The van der Waals surface area contributed by atoms with E-state index in [0.29, 0.717) is 29.6 Å². The Balaban J connectivity index is 1.31. The number of fused-ring (bicyclic) bond motifs is 2. The van der Waals surface area contributed by atoms with E-state index in [4.69, 9.17) is 4.74 Å². The first kappa shape index (κ1) is 18.9. The number of aromatic hydroxyl groups is 1. The maximum absolute atomic E-state index is 14.7. The van der Waals surface area contributed by atoms with E-state index >= 15 is 0 Å². The molecule has 0 spiro atoms. The second kappa shape index (κ2) is 7.95. The summed E-state index contributed by atoms with van der Waals surface area (Å²) >= 11 is 0. The van der Waals surface area contributed by atoms with Gasteiger partial charge in [0.25, 0.3) is 0 Å². The van der Waals surface area contributed by atoms with Crippen molar-refractivity contribution >= 4 is 0 Å². The number of alkyl halides is 1. The highest BCUT2D eigenvalue weighted by Gasteiger charge is 2.41. The van der Waals surface area contributed by atoms with Gasteiger partial charge in [-0.3, -0.25) is 0 Å². The van der Waals surface area contributed by atoms with Crippen LogP contribution in [0.4, 0.5) is 4.39 Å². The molecule has 5 rings (SSSR count). The van der Waals surface area contributed by atoms with E-state index in [1.54, 1.807) is 36.7 Å². The van der Waals surface area contributed by atoms with Crippen molar-refractivity contribution in [1.82, 2.24) is 25.7 Å². The molecule has 2 fully saturated rings. The van der Waals surface area contributed by atoms with Crippen LogP contribution in [0.25, 0.3) is 22.4 Å². The molecule has 3 aromatic rings. The molecule has 4 heterocycles. The Kier molecular flexibility index (Phi) is 5.00. The van der Waals surface area contributed by atoms with Crippen LogP contribution in [0, 0.1) is 0 Å². The molecule has 2 aliphatic heterocycles. The zero-order valence-corrected chi connectivity index (χ0v) is 16.3. The van der Waals surface area contributed by atoms with Gasteiger partial charge < -0.3 is 15.2 Å². The molecule has 2 aliphatic rings. The first-order chi connectivity index (χ1) is 14.7. The number of phenolic OH excluding ortho intramolecular Hbond substituents is 1. The molecule has 154 valence electrons. The summed E-state index contributed by atoms with van der Waals surface area (Å²) in [6.45, 7) is 0. The first-order valence-corrected chi connectivity index (χ1v) is 10.2. The Morgan fingerprint density at radius 1 is 1.03 bits per heavy atom. The van der Waals surface area contributed by atoms with Crippen LogP contribution in [0.2, 0.25) is 0 Å². The van der Waals surface area contributed by atoms with Crippen LogP contribution in [0.3, 0.4) is 0 Å². The molecular weight excluding hydrogens is 385 g/mol. The minimum Gasteiger partial charge on any atom is -0.507 e. The number of hydrogen-bond donors (Lipinski definition) is 2. The molecule has 2 aromatic heterocycles. The summed E-state index contributed by atoms with van der Waals surface area (Å²) in [7, 11) is 0. The topological polar surface area (TPSA) is 93.1 Å². The van der Waals surface area contributed by atoms with E-state index in [1.807, 2.05) is 12.1 Å². The lowest BCUT2D eigenvalue weighted by Crippen LogP contribution is -2.59. The molecule has 2 saturated heterocycles. The van der Waals surface area contributed by atoms with Gasteiger partial charge in [-0.05, 0) is 42.7 Å². The van der Waals surface area contributed by atoms with E-state index in [2.05, 4.69) is 25.7 Å². The fraction of sp³-hybridized carbons (Fsp3) is 0.364. The molecule has 8 heteroatoms. The van der Waals surface area contributed by atoms with Gasteiger partial charge in [-0.2, -0.15) is 10.2 Å². The zero-order valence-electron chi connectivity index (χ0n) is 16.3. The third-order valence-electron chi connectivity index (χ3n) is 5.88. The highest BCUT2D eigenvalue weighted by Crippen LogP contribution is 2.33. The fourth-order valence-corrected chi connectivity index (χ4v) is 4.34. The van der Waals surface area contributed by atoms with Crippen LogP contribution in [0.1, 0.15) is 25.7 Å². The average molecular weight is 407 g/mol. The highest BCUT2D eigenvalue weighted by molar-refractivity contribution is 5.73. The highest BCUT2D eigenvalue weighted by atomic mass is 19.1. The Labute approximate surface area is 173 Å². The summed E-state index contributed by atoms with van der Waals surface area (Å²) in [4.78, 5) is 0. The Hall–Kier alpha value is -3.13. The summed E-state index contributed by atoms with van der Waals surface area (Å²) in [5.74, 6) is 0.382. The summed E-state index contributed by atoms with van der Waals surface area (Å²) in [5, 5.41) is 29.7. The number of nitrogens with one attached hydrogen (secondary N) is 1. The normalized spacial score (nSPS) is 25.6. The van der Waals surface area contributed by atoms with Crippen LogP contribution >= 0.6 is 0 Å². The number of hydrogen-bond acceptors (Lipinski definition) is 7. The Morgan fingerprint density at radius 3 is 2.73 bits per heavy atom. The van der Waals surface area contributed by atoms with Crippen LogP contribution in [-0.4, -0.2) is 49.9 Å². The zero-order chi connectivity index (χ0) is 20.5. The van der Waals surface area contributed by atoms with Gasteiger partial charge in [0.1, 0.15) is 11.9 Å². The Bertz CT molecular complexity index is 1020. The monoisotopic (exact) mass is 407 g/mol. The lowest BCUT2D eigenvalue weighted by molar-refractivity contribution is 0.00652. The van der Waals surface area contributed by atoms with Gasteiger partial charge in [0.15, 0.2) is 6.17 Å². The van der Waals surface area contributed by atoms with Gasteiger partial charge in [0, 0.05) is 35.7 Å². The molecule has 30 heavy (non-hydrogen) atoms. The van der Waals surface area contributed by atoms with Gasteiger partial charge >= 0.3 is 0 Å². The smallest absolute Gasteiger partial charge is 0.233 e. The molecule has 2 N–H and O–H groups in total. The molecule has 0 amide bonds. The van der Waals surface area contributed by atoms with Gasteiger partial charge in [0.2, 0.25) is 5.88 Å². The first-order valence-electron chi connectivity index (χ1n) is 10.2. The van der Waals surface area contributed by atoms with Crippen molar-refractivity contribution in [3.63, 3.8) is 0 Å². The third kappa shape index (κ3) is 3.70. The minimum absolute atomic E-state index is 0.0854. The average Bonchev–Trinajstić information content (AvgIpc) is 2.79. The number of ether oxygens (including phenoxy) is 1. The fourth-order valence-electron chi connectivity index (χ4n) is 4.34. The van der Waals surface area contributed by atoms with Crippen molar-refractivity contribution in [2.45, 2.75) is 50.0 Å². The molecule has 2 unspecified atom stereocenters. The molecule has 7 nitrogen and oxygen atoms in total. The Morgan fingerprint density at radius 2 is 1.97 bits per heavy atom. The van der Waals surface area contributed by atoms with Gasteiger partial charge in [-0.25, -0.2) is 4.39 Å². The number of rotatable bonds is 4. The van der Waals surface area contributed by atoms with Crippen molar-refractivity contribution in [2.75, 3.05) is 0 Å². The summed E-state index contributed by atoms with van der Waals surface area (Å²) < 4.78 is 20.5. The summed E-state index contributed by atoms with van der Waals surface area (Å²) in [6.07, 6.45) is 5.25. The minimum atomic E-state index is -1.05. The van der Waals surface area contributed by atoms with E-state index in [0.717, 1.165) is 30.4 Å². The van der Waals surface area contributed by atoms with Crippen LogP contribution in [0.5, 0.6) is 11.6 Å². The van der Waals surface area contributed by atoms with Crippen molar-refractivity contribution in [3.05, 3.63) is 48.8 Å². The van der Waals surface area contributed by atoms with Crippen molar-refractivity contribution in [1.29, 1.82) is 0 Å². The molecule has 0 aliphatic carbocycles. The maximum atomic E-state index is 14.7. The van der Waals surface area contributed by atoms with Gasteiger partial charge in [-0.15, -0.1) is 10.2 Å². The molecule has 0 radical (unpaired) electrons. The van der Waals surface area contributed by atoms with Crippen molar-refractivity contribution < 1.29 is 14.2 Å². The predicted octanol–water partition coefficient (Wildman–Crippen LogP) is 3.31. The standard InChI is InChI=1S/C22H22FN5O2/c23-22-18-3-1-2-15(26-18)11-20(22)30-21-7-6-17(27-28-21)16-5-4-13(10-19(16)29)14-8-9-24-25-12-14/h4-10,12,15,18,20,22,26,29H,1-3,11H2/t15?,18?,20-,22+/m1/s1. The van der Waals surface area contributed by atoms with Gasteiger partial charge in [0.05, 0.1) is 18.1 Å². The van der Waals surface area contributed by atoms with Gasteiger partial charge in [-0.1, -0.05) is 12.5 Å². The number of halogens is 1. The second-order valence-corrected chi connectivity index (χ2v) is 7.86. The van der Waals surface area contributed by atoms with E-state index in [9.17, 15) is 9.50 Å². The van der Waals surface area contributed by atoms with Crippen molar-refractivity contribution in [2.24, 2.45) is 0 Å². The summed E-state index contributed by atoms with van der Waals surface area (Å²) in [5.41, 5.74) is 2.75. The number of aromatic nitrogens is 4. The third-order valence-corrected chi connectivity index (χ3v) is 5.88. The lowest BCUT2D eigenvalue weighted by atomic mass is 9.84. The molecule has 2 bridgehead atoms. The molecular formula is C22H22FN5O2. The number of phenols is 1. The number of benzene rings is 1. The second-order valence-electron chi connectivity index (χ2n) is 7.86. The van der Waals surface area contributed by atoms with E-state index in [1.165, 1.54) is 0 Å². The SMILES string of the molecule is Oc1cc(-c2ccnnc2)ccc1-c1ccc(O[C@@H]2CC3CCCC(N3)[C@@H]2F)nn1. The van der Waals surface area contributed by atoms with E-state index in [-0.39, 0.29) is 11.8 Å². The molecule has 1 aromatic carbocycles. The van der Waals surface area contributed by atoms with Crippen molar-refractivity contribution in [3.8, 4) is 34.0 Å². The number of nitrogens with zero attached hydrogens (tertiary/aromatic N) is 4. The van der Waals surface area contributed by atoms with Crippen LogP contribution < -0.4 is 10.1 Å². The molecule has 4 atom stereocenters. The quantitative estimate of drug-likeness (QED) is 0.685. The largest absolute Gasteiger partial charge is 0.507 e. The predicted molar refractivity (Wildman–Crippen MR) is 109 cm³/mol.